The number of aliphatic imine (C=N–C) groups is 1. The molecule has 0 spiro atoms. The average molecular weight is 491 g/mol. The molecule has 6 nitrogen and oxygen atoms in total. The third-order valence-electron chi connectivity index (χ3n) is 3.75. The largest absolute Gasteiger partial charge is 0.469 e. The second-order valence-corrected chi connectivity index (χ2v) is 6.29. The number of esters is 1. The summed E-state index contributed by atoms with van der Waals surface area (Å²) in [5.74, 6) is 0.990. The summed E-state index contributed by atoms with van der Waals surface area (Å²) in [7, 11) is 1.42. The third kappa shape index (κ3) is 13.5. The van der Waals surface area contributed by atoms with Crippen LogP contribution in [0.1, 0.15) is 38.7 Å². The molecule has 0 heterocycles. The average Bonchev–Trinajstić information content (AvgIpc) is 2.66. The minimum atomic E-state index is -0.157. The summed E-state index contributed by atoms with van der Waals surface area (Å²) in [6.45, 7) is 7.78. The fraction of sp³-hybridized carbons (Fsp3) is 0.600. The second kappa shape index (κ2) is 16.8. The SMILES string of the molecule is CCNC(=NCC(C)COCc1ccccc1)NCCCCC(=O)OC.I. The minimum Gasteiger partial charge on any atom is -0.469 e. The van der Waals surface area contributed by atoms with E-state index in [0.29, 0.717) is 32.1 Å². The number of hydrogen-bond donors (Lipinski definition) is 2. The van der Waals surface area contributed by atoms with Gasteiger partial charge >= 0.3 is 5.97 Å². The van der Waals surface area contributed by atoms with E-state index in [1.165, 1.54) is 12.7 Å². The van der Waals surface area contributed by atoms with Crippen molar-refractivity contribution in [2.75, 3.05) is 33.4 Å². The Morgan fingerprint density at radius 1 is 1.19 bits per heavy atom. The summed E-state index contributed by atoms with van der Waals surface area (Å²) in [5, 5.41) is 6.53. The number of unbranched alkanes of at least 4 members (excludes halogenated alkanes) is 1. The molecule has 154 valence electrons. The van der Waals surface area contributed by atoms with Gasteiger partial charge in [-0.3, -0.25) is 9.79 Å². The van der Waals surface area contributed by atoms with Crippen LogP contribution >= 0.6 is 24.0 Å². The van der Waals surface area contributed by atoms with Crippen LogP contribution in [0.5, 0.6) is 0 Å². The van der Waals surface area contributed by atoms with Crippen molar-refractivity contribution in [3.8, 4) is 0 Å². The first-order valence-corrected chi connectivity index (χ1v) is 9.36. The maximum Gasteiger partial charge on any atom is 0.305 e. The summed E-state index contributed by atoms with van der Waals surface area (Å²) in [6.07, 6.45) is 2.17. The number of halogens is 1. The van der Waals surface area contributed by atoms with Gasteiger partial charge in [-0.2, -0.15) is 0 Å². The molecular formula is C20H34IN3O3. The standard InChI is InChI=1S/C20H33N3O3.HI/c1-4-21-20(22-13-9-8-12-19(24)25-3)23-14-17(2)15-26-16-18-10-6-5-7-11-18;/h5-7,10-11,17H,4,8-9,12-16H2,1-3H3,(H2,21,22,23);1H. The van der Waals surface area contributed by atoms with Crippen molar-refractivity contribution in [1.29, 1.82) is 0 Å². The van der Waals surface area contributed by atoms with Gasteiger partial charge in [-0.1, -0.05) is 37.3 Å². The number of ether oxygens (including phenoxy) is 2. The molecule has 1 aromatic carbocycles. The van der Waals surface area contributed by atoms with Crippen LogP contribution in [0.25, 0.3) is 0 Å². The Kier molecular flexibility index (Phi) is 16.0. The number of guanidine groups is 1. The van der Waals surface area contributed by atoms with Gasteiger partial charge in [0.25, 0.3) is 0 Å². The Morgan fingerprint density at radius 2 is 1.93 bits per heavy atom. The van der Waals surface area contributed by atoms with Gasteiger partial charge in [0.1, 0.15) is 0 Å². The lowest BCUT2D eigenvalue weighted by atomic mass is 10.2. The lowest BCUT2D eigenvalue weighted by Gasteiger charge is -2.14. The lowest BCUT2D eigenvalue weighted by Crippen LogP contribution is -2.38. The quantitative estimate of drug-likeness (QED) is 0.154. The number of carbonyl (C=O) groups excluding carboxylic acids is 1. The van der Waals surface area contributed by atoms with Crippen LogP contribution in [0.4, 0.5) is 0 Å². The molecule has 1 unspecified atom stereocenters. The molecule has 1 rings (SSSR count). The van der Waals surface area contributed by atoms with E-state index in [4.69, 9.17) is 4.74 Å². The number of hydrogen-bond acceptors (Lipinski definition) is 4. The second-order valence-electron chi connectivity index (χ2n) is 6.29. The number of methoxy groups -OCH3 is 1. The molecule has 2 N–H and O–H groups in total. The van der Waals surface area contributed by atoms with Crippen LogP contribution in [0, 0.1) is 5.92 Å². The van der Waals surface area contributed by atoms with Crippen molar-refractivity contribution < 1.29 is 14.3 Å². The number of nitrogens with zero attached hydrogens (tertiary/aromatic N) is 1. The van der Waals surface area contributed by atoms with Gasteiger partial charge in [0.2, 0.25) is 0 Å². The van der Waals surface area contributed by atoms with Gasteiger partial charge in [-0.05, 0) is 31.2 Å². The van der Waals surface area contributed by atoms with E-state index >= 15 is 0 Å². The highest BCUT2D eigenvalue weighted by atomic mass is 127. The molecule has 0 aliphatic carbocycles. The normalized spacial score (nSPS) is 12.0. The van der Waals surface area contributed by atoms with Crippen LogP contribution < -0.4 is 10.6 Å². The Labute approximate surface area is 180 Å². The molecular weight excluding hydrogens is 457 g/mol. The van der Waals surface area contributed by atoms with E-state index in [-0.39, 0.29) is 29.9 Å². The molecule has 0 radical (unpaired) electrons. The van der Waals surface area contributed by atoms with Crippen molar-refractivity contribution in [2.24, 2.45) is 10.9 Å². The Morgan fingerprint density at radius 3 is 2.59 bits per heavy atom. The van der Waals surface area contributed by atoms with Crippen LogP contribution in [-0.4, -0.2) is 45.3 Å². The fourth-order valence-corrected chi connectivity index (χ4v) is 2.30. The van der Waals surface area contributed by atoms with Crippen molar-refractivity contribution >= 4 is 35.9 Å². The molecule has 0 aromatic heterocycles. The van der Waals surface area contributed by atoms with Gasteiger partial charge in [-0.15, -0.1) is 24.0 Å². The van der Waals surface area contributed by atoms with Crippen molar-refractivity contribution in [2.45, 2.75) is 39.7 Å². The highest BCUT2D eigenvalue weighted by Gasteiger charge is 2.04. The zero-order chi connectivity index (χ0) is 19.0. The predicted molar refractivity (Wildman–Crippen MR) is 121 cm³/mol. The summed E-state index contributed by atoms with van der Waals surface area (Å²) in [5.41, 5.74) is 1.19. The minimum absolute atomic E-state index is 0. The third-order valence-corrected chi connectivity index (χ3v) is 3.75. The molecule has 7 heteroatoms. The molecule has 0 aliphatic rings. The Bertz CT molecular complexity index is 526. The van der Waals surface area contributed by atoms with Crippen molar-refractivity contribution in [3.63, 3.8) is 0 Å². The highest BCUT2D eigenvalue weighted by molar-refractivity contribution is 14.0. The first kappa shape index (κ1) is 25.6. The monoisotopic (exact) mass is 491 g/mol. The topological polar surface area (TPSA) is 72.0 Å². The van der Waals surface area contributed by atoms with Crippen LogP contribution in [0.2, 0.25) is 0 Å². The van der Waals surface area contributed by atoms with E-state index in [1.54, 1.807) is 0 Å². The molecule has 1 atom stereocenters. The van der Waals surface area contributed by atoms with E-state index in [0.717, 1.165) is 31.9 Å². The first-order valence-electron chi connectivity index (χ1n) is 9.36. The number of rotatable bonds is 12. The van der Waals surface area contributed by atoms with Gasteiger partial charge in [-0.25, -0.2) is 0 Å². The smallest absolute Gasteiger partial charge is 0.305 e. The van der Waals surface area contributed by atoms with Gasteiger partial charge < -0.3 is 20.1 Å². The van der Waals surface area contributed by atoms with Gasteiger partial charge in [0.15, 0.2) is 5.96 Å². The molecule has 0 fully saturated rings. The number of carbonyl (C=O) groups is 1. The Balaban J connectivity index is 0.00000676. The summed E-state index contributed by atoms with van der Waals surface area (Å²) < 4.78 is 10.4. The van der Waals surface area contributed by atoms with Crippen LogP contribution in [-0.2, 0) is 20.9 Å². The van der Waals surface area contributed by atoms with Crippen molar-refractivity contribution in [1.82, 2.24) is 10.6 Å². The summed E-state index contributed by atoms with van der Waals surface area (Å²) in [6, 6.07) is 10.2. The Hall–Kier alpha value is -1.35. The highest BCUT2D eigenvalue weighted by Crippen LogP contribution is 2.03. The molecule has 27 heavy (non-hydrogen) atoms. The van der Waals surface area contributed by atoms with Crippen molar-refractivity contribution in [3.05, 3.63) is 35.9 Å². The molecule has 0 bridgehead atoms. The van der Waals surface area contributed by atoms with E-state index < -0.39 is 0 Å². The maximum absolute atomic E-state index is 11.1. The molecule has 0 aliphatic heterocycles. The maximum atomic E-state index is 11.1. The zero-order valence-electron chi connectivity index (χ0n) is 16.7. The molecule has 0 amide bonds. The predicted octanol–water partition coefficient (Wildman–Crippen LogP) is 3.36. The van der Waals surface area contributed by atoms with Gasteiger partial charge in [0.05, 0.1) is 20.3 Å². The lowest BCUT2D eigenvalue weighted by molar-refractivity contribution is -0.140. The molecule has 0 saturated carbocycles. The zero-order valence-corrected chi connectivity index (χ0v) is 19.0. The van der Waals surface area contributed by atoms with Crippen LogP contribution in [0.3, 0.4) is 0 Å². The molecule has 1 aromatic rings. The number of benzene rings is 1. The number of nitrogens with one attached hydrogen (secondary N) is 2. The van der Waals surface area contributed by atoms with Crippen LogP contribution in [0.15, 0.2) is 35.3 Å². The van der Waals surface area contributed by atoms with E-state index in [9.17, 15) is 4.79 Å². The summed E-state index contributed by atoms with van der Waals surface area (Å²) >= 11 is 0. The molecule has 0 saturated heterocycles. The first-order chi connectivity index (χ1) is 12.7. The van der Waals surface area contributed by atoms with Gasteiger partial charge in [0, 0.05) is 26.1 Å². The van der Waals surface area contributed by atoms with E-state index in [2.05, 4.69) is 39.4 Å². The summed E-state index contributed by atoms with van der Waals surface area (Å²) in [4.78, 5) is 15.7. The fourth-order valence-electron chi connectivity index (χ4n) is 2.30. The van der Waals surface area contributed by atoms with E-state index in [1.807, 2.05) is 25.1 Å².